The van der Waals surface area contributed by atoms with Gasteiger partial charge in [-0.1, -0.05) is 41.4 Å². The smallest absolute Gasteiger partial charge is 0.240 e. The first-order chi connectivity index (χ1) is 13.7. The highest BCUT2D eigenvalue weighted by molar-refractivity contribution is 8.01. The van der Waals surface area contributed by atoms with Crippen molar-refractivity contribution in [3.8, 4) is 10.8 Å². The number of anilines is 1. The molecule has 8 nitrogen and oxygen atoms in total. The minimum absolute atomic E-state index is 0.0429. The lowest BCUT2D eigenvalue weighted by atomic mass is 9.98. The van der Waals surface area contributed by atoms with Gasteiger partial charge in [0.05, 0.1) is 12.8 Å². The molecule has 3 aromatic heterocycles. The van der Waals surface area contributed by atoms with Gasteiger partial charge in [0.2, 0.25) is 11.0 Å². The lowest BCUT2D eigenvalue weighted by Gasteiger charge is -2.30. The Balaban J connectivity index is 1.25. The van der Waals surface area contributed by atoms with Crippen LogP contribution in [0.15, 0.2) is 27.2 Å². The summed E-state index contributed by atoms with van der Waals surface area (Å²) in [6, 6.07) is 3.75. The fraction of sp³-hybridized carbons (Fsp3) is 0.471. The number of piperidine rings is 1. The molecule has 148 valence electrons. The topological polar surface area (TPSA) is 97.0 Å². The van der Waals surface area contributed by atoms with Crippen LogP contribution in [-0.2, 0) is 4.79 Å². The van der Waals surface area contributed by atoms with Gasteiger partial charge in [-0.2, -0.15) is 0 Å². The highest BCUT2D eigenvalue weighted by Gasteiger charge is 2.25. The first-order valence-corrected chi connectivity index (χ1v) is 11.7. The summed E-state index contributed by atoms with van der Waals surface area (Å²) in [5.74, 6) is 2.04. The molecule has 0 spiro atoms. The molecule has 4 rings (SSSR count). The summed E-state index contributed by atoms with van der Waals surface area (Å²) in [5, 5.41) is 22.0. The number of nitrogens with zero attached hydrogens (tertiary/aromatic N) is 5. The summed E-state index contributed by atoms with van der Waals surface area (Å²) >= 11 is 4.63. The van der Waals surface area contributed by atoms with Gasteiger partial charge in [0.25, 0.3) is 0 Å². The third kappa shape index (κ3) is 4.77. The molecule has 11 heteroatoms. The summed E-state index contributed by atoms with van der Waals surface area (Å²) in [7, 11) is 0. The molecule has 1 aliphatic rings. The zero-order valence-corrected chi connectivity index (χ0v) is 17.8. The third-order valence-electron chi connectivity index (χ3n) is 4.40. The van der Waals surface area contributed by atoms with Gasteiger partial charge in [-0.25, -0.2) is 0 Å². The van der Waals surface area contributed by atoms with Crippen molar-refractivity contribution in [1.82, 2.24) is 25.3 Å². The second-order valence-electron chi connectivity index (χ2n) is 6.33. The first kappa shape index (κ1) is 19.5. The maximum absolute atomic E-state index is 12.3. The van der Waals surface area contributed by atoms with Crippen LogP contribution in [-0.4, -0.2) is 56.6 Å². The van der Waals surface area contributed by atoms with Crippen LogP contribution in [0.25, 0.3) is 10.8 Å². The second kappa shape index (κ2) is 9.12. The van der Waals surface area contributed by atoms with E-state index < -0.39 is 0 Å². The van der Waals surface area contributed by atoms with E-state index in [0.29, 0.717) is 17.6 Å². The third-order valence-corrected chi connectivity index (χ3v) is 7.35. The molecule has 0 saturated carbocycles. The van der Waals surface area contributed by atoms with E-state index in [-0.39, 0.29) is 5.91 Å². The number of furan rings is 1. The standard InChI is InChI=1S/C17H20N6O2S3/c1-2-26-17-22-21-16(28-17)18-13(24)10-23-7-5-11(6-8-23)14-19-20-15(27-14)12-4-3-9-25-12/h3-4,9,11H,2,5-8,10H2,1H3,(H,18,21,24). The fourth-order valence-corrected chi connectivity index (χ4v) is 5.69. The van der Waals surface area contributed by atoms with Gasteiger partial charge in [-0.15, -0.1) is 20.4 Å². The van der Waals surface area contributed by atoms with E-state index in [9.17, 15) is 4.79 Å². The van der Waals surface area contributed by atoms with Crippen LogP contribution in [0.3, 0.4) is 0 Å². The number of hydrogen-bond acceptors (Lipinski definition) is 10. The predicted octanol–water partition coefficient (Wildman–Crippen LogP) is 3.58. The van der Waals surface area contributed by atoms with Crippen molar-refractivity contribution in [2.45, 2.75) is 30.0 Å². The minimum atomic E-state index is -0.0429. The molecular formula is C17H20N6O2S3. The Hall–Kier alpha value is -1.82. The van der Waals surface area contributed by atoms with Crippen LogP contribution in [0.1, 0.15) is 30.7 Å². The maximum Gasteiger partial charge on any atom is 0.240 e. The van der Waals surface area contributed by atoms with Crippen molar-refractivity contribution < 1.29 is 9.21 Å². The zero-order valence-electron chi connectivity index (χ0n) is 15.3. The van der Waals surface area contributed by atoms with E-state index in [2.05, 4.69) is 37.5 Å². The molecule has 0 aliphatic carbocycles. The number of likely N-dealkylation sites (tertiary alicyclic amines) is 1. The van der Waals surface area contributed by atoms with Crippen LogP contribution in [0, 0.1) is 0 Å². The molecule has 0 bridgehead atoms. The molecule has 28 heavy (non-hydrogen) atoms. The van der Waals surface area contributed by atoms with E-state index in [0.717, 1.165) is 51.8 Å². The minimum Gasteiger partial charge on any atom is -0.462 e. The van der Waals surface area contributed by atoms with Gasteiger partial charge in [0, 0.05) is 5.92 Å². The SMILES string of the molecule is CCSc1nnc(NC(=O)CN2CCC(c3nnc(-c4ccco4)s3)CC2)s1. The Bertz CT molecular complexity index is 902. The Labute approximate surface area is 174 Å². The Morgan fingerprint density at radius 2 is 2.14 bits per heavy atom. The summed E-state index contributed by atoms with van der Waals surface area (Å²) in [4.78, 5) is 14.5. The van der Waals surface area contributed by atoms with Crippen molar-refractivity contribution in [3.63, 3.8) is 0 Å². The molecule has 1 N–H and O–H groups in total. The van der Waals surface area contributed by atoms with Crippen molar-refractivity contribution in [2.24, 2.45) is 0 Å². The van der Waals surface area contributed by atoms with Crippen molar-refractivity contribution in [3.05, 3.63) is 23.4 Å². The number of carbonyl (C=O) groups excluding carboxylic acids is 1. The number of hydrogen-bond donors (Lipinski definition) is 1. The van der Waals surface area contributed by atoms with Gasteiger partial charge >= 0.3 is 0 Å². The molecule has 1 saturated heterocycles. The normalized spacial score (nSPS) is 15.8. The average Bonchev–Trinajstić information content (AvgIpc) is 3.44. The van der Waals surface area contributed by atoms with E-state index in [1.165, 1.54) is 11.3 Å². The van der Waals surface area contributed by atoms with Gasteiger partial charge in [-0.05, 0) is 43.8 Å². The molecule has 4 heterocycles. The van der Waals surface area contributed by atoms with Crippen LogP contribution in [0.2, 0.25) is 0 Å². The Morgan fingerprint density at radius 3 is 2.89 bits per heavy atom. The molecule has 0 radical (unpaired) electrons. The zero-order chi connectivity index (χ0) is 19.3. The molecule has 1 aliphatic heterocycles. The van der Waals surface area contributed by atoms with Gasteiger partial charge in [0.1, 0.15) is 5.01 Å². The quantitative estimate of drug-likeness (QED) is 0.443. The molecule has 1 fully saturated rings. The number of nitrogens with one attached hydrogen (secondary N) is 1. The molecule has 0 aromatic carbocycles. The molecular weight excluding hydrogens is 416 g/mol. The Kier molecular flexibility index (Phi) is 6.35. The van der Waals surface area contributed by atoms with Gasteiger partial charge in [0.15, 0.2) is 15.1 Å². The molecule has 0 atom stereocenters. The molecule has 1 amide bonds. The van der Waals surface area contributed by atoms with Crippen LogP contribution >= 0.6 is 34.4 Å². The fourth-order valence-electron chi connectivity index (χ4n) is 3.04. The van der Waals surface area contributed by atoms with Crippen LogP contribution in [0.4, 0.5) is 5.13 Å². The lowest BCUT2D eigenvalue weighted by Crippen LogP contribution is -2.38. The number of amides is 1. The summed E-state index contributed by atoms with van der Waals surface area (Å²) in [5.41, 5.74) is 0. The number of carbonyl (C=O) groups is 1. The van der Waals surface area contributed by atoms with E-state index in [4.69, 9.17) is 4.42 Å². The van der Waals surface area contributed by atoms with Crippen molar-refractivity contribution in [1.29, 1.82) is 0 Å². The van der Waals surface area contributed by atoms with Crippen molar-refractivity contribution in [2.75, 3.05) is 30.7 Å². The monoisotopic (exact) mass is 436 g/mol. The lowest BCUT2D eigenvalue weighted by molar-refractivity contribution is -0.117. The van der Waals surface area contributed by atoms with Gasteiger partial charge in [-0.3, -0.25) is 15.0 Å². The van der Waals surface area contributed by atoms with Crippen LogP contribution < -0.4 is 5.32 Å². The maximum atomic E-state index is 12.3. The number of thioether (sulfide) groups is 1. The van der Waals surface area contributed by atoms with E-state index in [1.54, 1.807) is 29.4 Å². The molecule has 3 aromatic rings. The van der Waals surface area contributed by atoms with Gasteiger partial charge < -0.3 is 4.42 Å². The van der Waals surface area contributed by atoms with E-state index >= 15 is 0 Å². The largest absolute Gasteiger partial charge is 0.462 e. The first-order valence-electron chi connectivity index (χ1n) is 9.07. The highest BCUT2D eigenvalue weighted by Crippen LogP contribution is 2.33. The molecule has 0 unspecified atom stereocenters. The highest BCUT2D eigenvalue weighted by atomic mass is 32.2. The van der Waals surface area contributed by atoms with Crippen LogP contribution in [0.5, 0.6) is 0 Å². The predicted molar refractivity (Wildman–Crippen MR) is 111 cm³/mol. The summed E-state index contributed by atoms with van der Waals surface area (Å²) < 4.78 is 6.27. The van der Waals surface area contributed by atoms with Crippen molar-refractivity contribution >= 4 is 45.5 Å². The number of rotatable bonds is 7. The second-order valence-corrected chi connectivity index (χ2v) is 9.83. The Morgan fingerprint density at radius 1 is 1.29 bits per heavy atom. The average molecular weight is 437 g/mol. The summed E-state index contributed by atoms with van der Waals surface area (Å²) in [6.45, 7) is 4.16. The van der Waals surface area contributed by atoms with E-state index in [1.807, 2.05) is 12.1 Å². The number of aromatic nitrogens is 4. The summed E-state index contributed by atoms with van der Waals surface area (Å²) in [6.07, 6.45) is 3.58.